The highest BCUT2D eigenvalue weighted by atomic mass is 19.1. The minimum atomic E-state index is -1.07. The van der Waals surface area contributed by atoms with Crippen molar-refractivity contribution in [3.63, 3.8) is 0 Å². The molecule has 20 heavy (non-hydrogen) atoms. The smallest absolute Gasteiger partial charge is 0.184 e. The molecule has 0 aliphatic carbocycles. The first kappa shape index (κ1) is 13.9. The fourth-order valence-corrected chi connectivity index (χ4v) is 1.91. The second-order valence-electron chi connectivity index (χ2n) is 4.50. The average molecular weight is 271 g/mol. The molecule has 1 unspecified atom stereocenters. The number of hydrogen-bond donors (Lipinski definition) is 0. The van der Waals surface area contributed by atoms with Crippen LogP contribution in [-0.2, 0) is 0 Å². The van der Waals surface area contributed by atoms with Gasteiger partial charge in [0.15, 0.2) is 5.78 Å². The monoisotopic (exact) mass is 271 g/mol. The molecule has 2 aromatic carbocycles. The maximum absolute atomic E-state index is 13.1. The van der Waals surface area contributed by atoms with Gasteiger partial charge in [-0.25, -0.2) is 8.78 Å². The number of rotatable bonds is 3. The van der Waals surface area contributed by atoms with Crippen LogP contribution in [0.3, 0.4) is 0 Å². The number of nitriles is 1. The molecule has 0 amide bonds. The van der Waals surface area contributed by atoms with Gasteiger partial charge in [-0.2, -0.15) is 5.26 Å². The summed E-state index contributed by atoms with van der Waals surface area (Å²) in [5.74, 6) is -3.37. The third kappa shape index (κ3) is 2.89. The van der Waals surface area contributed by atoms with Gasteiger partial charge < -0.3 is 0 Å². The molecule has 0 aliphatic heterocycles. The fourth-order valence-electron chi connectivity index (χ4n) is 1.91. The van der Waals surface area contributed by atoms with Crippen molar-refractivity contribution in [2.75, 3.05) is 0 Å². The van der Waals surface area contributed by atoms with E-state index in [2.05, 4.69) is 0 Å². The predicted molar refractivity (Wildman–Crippen MR) is 70.2 cm³/mol. The van der Waals surface area contributed by atoms with Crippen LogP contribution < -0.4 is 0 Å². The summed E-state index contributed by atoms with van der Waals surface area (Å²) in [6, 6.07) is 11.3. The Balaban J connectivity index is 2.39. The van der Waals surface area contributed by atoms with E-state index in [0.717, 1.165) is 17.7 Å². The standard InChI is InChI=1S/C16H11F2NO/c1-10-2-4-11(5-3-10)15(9-19)16(20)12-6-13(17)8-14(18)7-12/h2-8,15H,1H3. The maximum atomic E-state index is 13.1. The minimum absolute atomic E-state index is 0.144. The van der Waals surface area contributed by atoms with Crippen molar-refractivity contribution in [3.05, 3.63) is 70.8 Å². The van der Waals surface area contributed by atoms with Crippen LogP contribution in [0.2, 0.25) is 0 Å². The number of benzene rings is 2. The molecule has 0 spiro atoms. The lowest BCUT2D eigenvalue weighted by Gasteiger charge is -2.09. The van der Waals surface area contributed by atoms with Gasteiger partial charge in [0, 0.05) is 11.6 Å². The number of Topliss-reactive ketones (excluding diaryl/α,β-unsaturated/α-hetero) is 1. The summed E-state index contributed by atoms with van der Waals surface area (Å²) in [6.07, 6.45) is 0. The van der Waals surface area contributed by atoms with Gasteiger partial charge >= 0.3 is 0 Å². The maximum Gasteiger partial charge on any atom is 0.184 e. The Morgan fingerprint density at radius 3 is 2.15 bits per heavy atom. The number of hydrogen-bond acceptors (Lipinski definition) is 2. The summed E-state index contributed by atoms with van der Waals surface area (Å²) in [5, 5.41) is 9.16. The van der Waals surface area contributed by atoms with Crippen molar-refractivity contribution >= 4 is 5.78 Å². The molecule has 2 rings (SSSR count). The van der Waals surface area contributed by atoms with Crippen molar-refractivity contribution in [1.82, 2.24) is 0 Å². The number of carbonyl (C=O) groups is 1. The number of nitrogens with zero attached hydrogens (tertiary/aromatic N) is 1. The van der Waals surface area contributed by atoms with E-state index >= 15 is 0 Å². The Morgan fingerprint density at radius 1 is 1.10 bits per heavy atom. The second kappa shape index (κ2) is 5.62. The van der Waals surface area contributed by atoms with Gasteiger partial charge in [0.05, 0.1) is 6.07 Å². The van der Waals surface area contributed by atoms with Gasteiger partial charge in [-0.3, -0.25) is 4.79 Å². The first-order valence-electron chi connectivity index (χ1n) is 5.98. The molecule has 0 aromatic heterocycles. The lowest BCUT2D eigenvalue weighted by Crippen LogP contribution is -2.12. The third-order valence-corrected chi connectivity index (χ3v) is 2.95. The molecule has 0 saturated heterocycles. The molecule has 1 atom stereocenters. The molecule has 0 saturated carbocycles. The lowest BCUT2D eigenvalue weighted by molar-refractivity contribution is 0.0978. The van der Waals surface area contributed by atoms with E-state index < -0.39 is 23.3 Å². The first-order valence-corrected chi connectivity index (χ1v) is 5.98. The summed E-state index contributed by atoms with van der Waals surface area (Å²) in [4.78, 5) is 12.2. The Bertz CT molecular complexity index is 666. The quantitative estimate of drug-likeness (QED) is 0.797. The van der Waals surface area contributed by atoms with Crippen LogP contribution in [0.5, 0.6) is 0 Å². The van der Waals surface area contributed by atoms with Gasteiger partial charge in [0.1, 0.15) is 17.6 Å². The Kier molecular flexibility index (Phi) is 3.90. The van der Waals surface area contributed by atoms with E-state index in [4.69, 9.17) is 5.26 Å². The van der Waals surface area contributed by atoms with Gasteiger partial charge in [-0.05, 0) is 24.6 Å². The molecule has 100 valence electrons. The summed E-state index contributed by atoms with van der Waals surface area (Å²) in [6.45, 7) is 1.88. The zero-order valence-corrected chi connectivity index (χ0v) is 10.7. The molecule has 0 radical (unpaired) electrons. The fraction of sp³-hybridized carbons (Fsp3) is 0.125. The molecule has 0 fully saturated rings. The number of aryl methyl sites for hydroxylation is 1. The van der Waals surface area contributed by atoms with Crippen LogP contribution in [0.1, 0.15) is 27.4 Å². The van der Waals surface area contributed by atoms with E-state index in [1.807, 2.05) is 13.0 Å². The van der Waals surface area contributed by atoms with E-state index in [1.165, 1.54) is 0 Å². The highest BCUT2D eigenvalue weighted by Gasteiger charge is 2.22. The predicted octanol–water partition coefficient (Wildman–Crippen LogP) is 3.76. The molecule has 2 aromatic rings. The second-order valence-corrected chi connectivity index (χ2v) is 4.50. The van der Waals surface area contributed by atoms with E-state index in [9.17, 15) is 13.6 Å². The van der Waals surface area contributed by atoms with Crippen molar-refractivity contribution in [2.45, 2.75) is 12.8 Å². The molecular formula is C16H11F2NO. The van der Waals surface area contributed by atoms with Crippen molar-refractivity contribution in [2.24, 2.45) is 0 Å². The van der Waals surface area contributed by atoms with Crippen LogP contribution in [0.15, 0.2) is 42.5 Å². The molecule has 0 bridgehead atoms. The van der Waals surface area contributed by atoms with E-state index in [1.54, 1.807) is 24.3 Å². The summed E-state index contributed by atoms with van der Waals surface area (Å²) < 4.78 is 26.3. The molecule has 0 heterocycles. The normalized spacial score (nSPS) is 11.7. The highest BCUT2D eigenvalue weighted by Crippen LogP contribution is 2.22. The van der Waals surface area contributed by atoms with Crippen LogP contribution in [0.25, 0.3) is 0 Å². The topological polar surface area (TPSA) is 40.9 Å². The molecular weight excluding hydrogens is 260 g/mol. The van der Waals surface area contributed by atoms with E-state index in [0.29, 0.717) is 11.6 Å². The first-order chi connectivity index (χ1) is 9.51. The summed E-state index contributed by atoms with van der Waals surface area (Å²) in [7, 11) is 0. The average Bonchev–Trinajstić information content (AvgIpc) is 2.40. The van der Waals surface area contributed by atoms with Gasteiger partial charge in [0.2, 0.25) is 0 Å². The Labute approximate surface area is 115 Å². The molecule has 4 heteroatoms. The van der Waals surface area contributed by atoms with E-state index in [-0.39, 0.29) is 5.56 Å². The van der Waals surface area contributed by atoms with Crippen LogP contribution in [0.4, 0.5) is 8.78 Å². The van der Waals surface area contributed by atoms with Crippen LogP contribution in [0, 0.1) is 29.9 Å². The Hall–Kier alpha value is -2.54. The van der Waals surface area contributed by atoms with Crippen LogP contribution in [-0.4, -0.2) is 5.78 Å². The third-order valence-electron chi connectivity index (χ3n) is 2.95. The molecule has 0 N–H and O–H groups in total. The zero-order valence-electron chi connectivity index (χ0n) is 10.7. The van der Waals surface area contributed by atoms with Crippen molar-refractivity contribution < 1.29 is 13.6 Å². The number of carbonyl (C=O) groups excluding carboxylic acids is 1. The van der Waals surface area contributed by atoms with Crippen LogP contribution >= 0.6 is 0 Å². The largest absolute Gasteiger partial charge is 0.292 e. The molecule has 2 nitrogen and oxygen atoms in total. The summed E-state index contributed by atoms with van der Waals surface area (Å²) in [5.41, 5.74) is 1.36. The highest BCUT2D eigenvalue weighted by molar-refractivity contribution is 6.02. The lowest BCUT2D eigenvalue weighted by atomic mass is 9.91. The Morgan fingerprint density at radius 2 is 1.65 bits per heavy atom. The summed E-state index contributed by atoms with van der Waals surface area (Å²) >= 11 is 0. The van der Waals surface area contributed by atoms with Crippen molar-refractivity contribution in [1.29, 1.82) is 5.26 Å². The molecule has 0 aliphatic rings. The SMILES string of the molecule is Cc1ccc(C(C#N)C(=O)c2cc(F)cc(F)c2)cc1. The number of halogens is 2. The van der Waals surface area contributed by atoms with Gasteiger partial charge in [0.25, 0.3) is 0 Å². The van der Waals surface area contributed by atoms with Gasteiger partial charge in [-0.1, -0.05) is 29.8 Å². The minimum Gasteiger partial charge on any atom is -0.292 e. The van der Waals surface area contributed by atoms with Crippen molar-refractivity contribution in [3.8, 4) is 6.07 Å². The zero-order chi connectivity index (χ0) is 14.7. The number of ketones is 1. The van der Waals surface area contributed by atoms with Gasteiger partial charge in [-0.15, -0.1) is 0 Å².